The van der Waals surface area contributed by atoms with Crippen LogP contribution < -0.4 is 4.74 Å². The highest BCUT2D eigenvalue weighted by Crippen LogP contribution is 2.36. The monoisotopic (exact) mass is 310 g/mol. The highest BCUT2D eigenvalue weighted by Gasteiger charge is 2.23. The molecule has 3 nitrogen and oxygen atoms in total. The van der Waals surface area contributed by atoms with Crippen LogP contribution >= 0.6 is 15.9 Å². The van der Waals surface area contributed by atoms with Gasteiger partial charge in [0.1, 0.15) is 11.9 Å². The highest BCUT2D eigenvalue weighted by atomic mass is 79.9. The molecule has 2 rings (SSSR count). The van der Waals surface area contributed by atoms with E-state index in [1.807, 2.05) is 26.0 Å². The summed E-state index contributed by atoms with van der Waals surface area (Å²) >= 11 is 3.36. The van der Waals surface area contributed by atoms with E-state index in [0.717, 1.165) is 21.2 Å². The first-order chi connectivity index (χ1) is 8.54. The molecule has 1 N–H and O–H groups in total. The number of methoxy groups -OCH3 is 1. The molecule has 96 valence electrons. The molecule has 0 radical (unpaired) electrons. The second-order valence-electron chi connectivity index (χ2n) is 4.23. The molecule has 0 aliphatic heterocycles. The Balaban J connectivity index is 2.54. The summed E-state index contributed by atoms with van der Waals surface area (Å²) in [4.78, 5) is 0. The molecule has 0 bridgehead atoms. The topological polar surface area (TPSA) is 42.6 Å². The van der Waals surface area contributed by atoms with Crippen molar-refractivity contribution in [1.82, 2.24) is 0 Å². The van der Waals surface area contributed by atoms with Crippen LogP contribution in [-0.4, -0.2) is 12.2 Å². The van der Waals surface area contributed by atoms with Crippen molar-refractivity contribution in [3.8, 4) is 5.75 Å². The fraction of sp³-hybridized carbons (Fsp3) is 0.286. The van der Waals surface area contributed by atoms with Gasteiger partial charge in [-0.2, -0.15) is 0 Å². The molecule has 0 saturated carbocycles. The Morgan fingerprint density at radius 3 is 2.61 bits per heavy atom. The van der Waals surface area contributed by atoms with Gasteiger partial charge < -0.3 is 14.3 Å². The smallest absolute Gasteiger partial charge is 0.151 e. The van der Waals surface area contributed by atoms with Gasteiger partial charge in [-0.1, -0.05) is 6.07 Å². The minimum atomic E-state index is -0.843. The molecule has 0 saturated heterocycles. The van der Waals surface area contributed by atoms with E-state index in [9.17, 15) is 5.11 Å². The molecule has 18 heavy (non-hydrogen) atoms. The number of aryl methyl sites for hydroxylation is 2. The van der Waals surface area contributed by atoms with E-state index >= 15 is 0 Å². The normalized spacial score (nSPS) is 12.5. The summed E-state index contributed by atoms with van der Waals surface area (Å²) in [5, 5.41) is 10.4. The summed E-state index contributed by atoms with van der Waals surface area (Å²) < 4.78 is 11.4. The quantitative estimate of drug-likeness (QED) is 0.939. The molecule has 0 spiro atoms. The van der Waals surface area contributed by atoms with Crippen LogP contribution in [0.3, 0.4) is 0 Å². The first-order valence-electron chi connectivity index (χ1n) is 5.60. The van der Waals surface area contributed by atoms with Crippen LogP contribution in [0, 0.1) is 13.8 Å². The molecule has 1 atom stereocenters. The summed E-state index contributed by atoms with van der Waals surface area (Å²) in [6.07, 6.45) is 0.698. The molecule has 0 amide bonds. The zero-order chi connectivity index (χ0) is 13.3. The number of hydrogen-bond donors (Lipinski definition) is 1. The maximum absolute atomic E-state index is 10.4. The molecule has 1 aromatic carbocycles. The maximum atomic E-state index is 10.4. The third-order valence-corrected chi connectivity index (χ3v) is 3.53. The number of halogens is 1. The summed E-state index contributed by atoms with van der Waals surface area (Å²) in [6, 6.07) is 5.68. The van der Waals surface area contributed by atoms with E-state index < -0.39 is 6.10 Å². The van der Waals surface area contributed by atoms with Gasteiger partial charge in [0.25, 0.3) is 0 Å². The van der Waals surface area contributed by atoms with Crippen LogP contribution in [-0.2, 0) is 0 Å². The molecular formula is C14H15BrO3. The Labute approximate surface area is 115 Å². The zero-order valence-corrected chi connectivity index (χ0v) is 12.1. The van der Waals surface area contributed by atoms with Gasteiger partial charge in [-0.25, -0.2) is 0 Å². The number of aliphatic hydroxyl groups excluding tert-OH is 1. The van der Waals surface area contributed by atoms with Crippen LogP contribution in [0.25, 0.3) is 0 Å². The third kappa shape index (κ3) is 2.31. The Morgan fingerprint density at radius 2 is 2.06 bits per heavy atom. The van der Waals surface area contributed by atoms with E-state index in [1.165, 1.54) is 0 Å². The van der Waals surface area contributed by atoms with E-state index in [1.54, 1.807) is 19.4 Å². The number of furan rings is 1. The lowest BCUT2D eigenvalue weighted by atomic mass is 9.98. The van der Waals surface area contributed by atoms with E-state index in [0.29, 0.717) is 11.5 Å². The zero-order valence-electron chi connectivity index (χ0n) is 10.5. The van der Waals surface area contributed by atoms with E-state index in [-0.39, 0.29) is 0 Å². The average Bonchev–Trinajstić information content (AvgIpc) is 2.73. The van der Waals surface area contributed by atoms with Gasteiger partial charge in [0, 0.05) is 5.56 Å². The van der Waals surface area contributed by atoms with Gasteiger partial charge in [0.05, 0.1) is 17.8 Å². The SMILES string of the molecule is COc1cc(C)cc(C)c1C(O)c1occc1Br. The first-order valence-corrected chi connectivity index (χ1v) is 6.40. The Morgan fingerprint density at radius 1 is 1.33 bits per heavy atom. The van der Waals surface area contributed by atoms with Crippen molar-refractivity contribution in [2.45, 2.75) is 20.0 Å². The molecule has 0 aliphatic rings. The highest BCUT2D eigenvalue weighted by molar-refractivity contribution is 9.10. The second kappa shape index (κ2) is 5.16. The van der Waals surface area contributed by atoms with Crippen molar-refractivity contribution in [2.75, 3.05) is 7.11 Å². The Bertz CT molecular complexity index is 560. The number of ether oxygens (including phenoxy) is 1. The van der Waals surface area contributed by atoms with Crippen LogP contribution in [0.4, 0.5) is 0 Å². The standard InChI is InChI=1S/C14H15BrO3/c1-8-6-9(2)12(11(7-8)17-3)13(16)14-10(15)4-5-18-14/h4-7,13,16H,1-3H3. The van der Waals surface area contributed by atoms with E-state index in [4.69, 9.17) is 9.15 Å². The van der Waals surface area contributed by atoms with Crippen molar-refractivity contribution >= 4 is 15.9 Å². The summed E-state index contributed by atoms with van der Waals surface area (Å²) in [5.74, 6) is 1.16. The predicted octanol–water partition coefficient (Wildman–Crippen LogP) is 3.75. The molecule has 4 heteroatoms. The number of hydrogen-bond acceptors (Lipinski definition) is 3. The lowest BCUT2D eigenvalue weighted by molar-refractivity contribution is 0.183. The minimum Gasteiger partial charge on any atom is -0.496 e. The van der Waals surface area contributed by atoms with Crippen LogP contribution in [0.1, 0.15) is 28.6 Å². The Hall–Kier alpha value is -1.26. The van der Waals surface area contributed by atoms with E-state index in [2.05, 4.69) is 15.9 Å². The number of aliphatic hydroxyl groups is 1. The van der Waals surface area contributed by atoms with Gasteiger partial charge in [-0.3, -0.25) is 0 Å². The summed E-state index contributed by atoms with van der Waals surface area (Å²) in [5.41, 5.74) is 2.81. The van der Waals surface area contributed by atoms with Crippen molar-refractivity contribution < 1.29 is 14.3 Å². The molecular weight excluding hydrogens is 296 g/mol. The van der Waals surface area contributed by atoms with Gasteiger partial charge in [-0.15, -0.1) is 0 Å². The number of benzene rings is 1. The van der Waals surface area contributed by atoms with Crippen LogP contribution in [0.15, 0.2) is 33.4 Å². The van der Waals surface area contributed by atoms with Crippen molar-refractivity contribution in [3.05, 3.63) is 51.4 Å². The number of rotatable bonds is 3. The van der Waals surface area contributed by atoms with Crippen molar-refractivity contribution in [3.63, 3.8) is 0 Å². The molecule has 0 aliphatic carbocycles. The molecule has 1 unspecified atom stereocenters. The maximum Gasteiger partial charge on any atom is 0.151 e. The fourth-order valence-corrected chi connectivity index (χ4v) is 2.51. The first kappa shape index (κ1) is 13.2. The van der Waals surface area contributed by atoms with Gasteiger partial charge in [0.2, 0.25) is 0 Å². The largest absolute Gasteiger partial charge is 0.496 e. The lowest BCUT2D eigenvalue weighted by Gasteiger charge is -2.17. The second-order valence-corrected chi connectivity index (χ2v) is 5.09. The van der Waals surface area contributed by atoms with Crippen LogP contribution in [0.5, 0.6) is 5.75 Å². The Kier molecular flexibility index (Phi) is 3.78. The lowest BCUT2D eigenvalue weighted by Crippen LogP contribution is -2.05. The average molecular weight is 311 g/mol. The van der Waals surface area contributed by atoms with Crippen molar-refractivity contribution in [1.29, 1.82) is 0 Å². The fourth-order valence-electron chi connectivity index (χ4n) is 2.09. The molecule has 1 heterocycles. The third-order valence-electron chi connectivity index (χ3n) is 2.88. The molecule has 1 aromatic heterocycles. The summed E-state index contributed by atoms with van der Waals surface area (Å²) in [6.45, 7) is 3.94. The molecule has 0 fully saturated rings. The van der Waals surface area contributed by atoms with Gasteiger partial charge in [0.15, 0.2) is 5.76 Å². The van der Waals surface area contributed by atoms with Crippen LogP contribution in [0.2, 0.25) is 0 Å². The van der Waals surface area contributed by atoms with Gasteiger partial charge in [-0.05, 0) is 53.0 Å². The minimum absolute atomic E-state index is 0.486. The predicted molar refractivity (Wildman–Crippen MR) is 72.9 cm³/mol. The van der Waals surface area contributed by atoms with Gasteiger partial charge >= 0.3 is 0 Å². The summed E-state index contributed by atoms with van der Waals surface area (Å²) in [7, 11) is 1.60. The van der Waals surface area contributed by atoms with Crippen molar-refractivity contribution in [2.24, 2.45) is 0 Å². The molecule has 2 aromatic rings.